The second-order valence-corrected chi connectivity index (χ2v) is 4.26. The third-order valence-corrected chi connectivity index (χ3v) is 2.96. The van der Waals surface area contributed by atoms with E-state index < -0.39 is 5.97 Å². The van der Waals surface area contributed by atoms with Crippen molar-refractivity contribution in [2.45, 2.75) is 13.0 Å². The highest BCUT2D eigenvalue weighted by Gasteiger charge is 2.27. The minimum atomic E-state index is -0.513. The monoisotopic (exact) mass is 264 g/mol. The summed E-state index contributed by atoms with van der Waals surface area (Å²) < 4.78 is 0. The van der Waals surface area contributed by atoms with Crippen molar-refractivity contribution in [1.82, 2.24) is 10.5 Å². The molecule has 2 rings (SSSR count). The van der Waals surface area contributed by atoms with E-state index >= 15 is 0 Å². The first-order chi connectivity index (χ1) is 9.13. The van der Waals surface area contributed by atoms with Gasteiger partial charge in [-0.25, -0.2) is 10.6 Å². The molecule has 2 amide bonds. The van der Waals surface area contributed by atoms with E-state index in [-0.39, 0.29) is 19.0 Å². The number of nitrogens with one attached hydrogen (secondary N) is 1. The Labute approximate surface area is 110 Å². The van der Waals surface area contributed by atoms with E-state index in [9.17, 15) is 9.59 Å². The second-order valence-electron chi connectivity index (χ2n) is 4.26. The number of benzene rings is 1. The van der Waals surface area contributed by atoms with Crippen LogP contribution in [0.5, 0.6) is 0 Å². The number of amides is 2. The lowest BCUT2D eigenvalue weighted by atomic mass is 10.1. The largest absolute Gasteiger partial charge is 0.356 e. The minimum Gasteiger partial charge on any atom is -0.356 e. The molecule has 1 aromatic carbocycles. The van der Waals surface area contributed by atoms with E-state index in [0.29, 0.717) is 6.54 Å². The van der Waals surface area contributed by atoms with Crippen LogP contribution >= 0.6 is 0 Å². The Morgan fingerprint density at radius 3 is 2.95 bits per heavy atom. The molecule has 7 nitrogen and oxygen atoms in total. The summed E-state index contributed by atoms with van der Waals surface area (Å²) in [4.78, 5) is 31.0. The zero-order chi connectivity index (χ0) is 13.8. The van der Waals surface area contributed by atoms with Gasteiger partial charge in [0, 0.05) is 20.1 Å². The normalized spacial score (nSPS) is 14.3. The fourth-order valence-corrected chi connectivity index (χ4v) is 2.08. The first-order valence-electron chi connectivity index (χ1n) is 5.89. The zero-order valence-corrected chi connectivity index (χ0v) is 10.6. The van der Waals surface area contributed by atoms with Gasteiger partial charge in [-0.3, -0.25) is 9.69 Å². The Morgan fingerprint density at radius 2 is 2.21 bits per heavy atom. The fourth-order valence-electron chi connectivity index (χ4n) is 2.08. The maximum absolute atomic E-state index is 12.1. The van der Waals surface area contributed by atoms with Crippen LogP contribution < -0.4 is 16.3 Å². The molecule has 0 aliphatic carbocycles. The van der Waals surface area contributed by atoms with E-state index in [0.717, 1.165) is 11.3 Å². The van der Waals surface area contributed by atoms with Crippen LogP contribution in [0.3, 0.4) is 0 Å². The van der Waals surface area contributed by atoms with Crippen LogP contribution in [0.25, 0.3) is 0 Å². The predicted octanol–water partition coefficient (Wildman–Crippen LogP) is 0.370. The lowest BCUT2D eigenvalue weighted by Crippen LogP contribution is -2.46. The van der Waals surface area contributed by atoms with Gasteiger partial charge in [-0.15, -0.1) is 0 Å². The van der Waals surface area contributed by atoms with Crippen LogP contribution in [0.15, 0.2) is 24.3 Å². The summed E-state index contributed by atoms with van der Waals surface area (Å²) >= 11 is 0. The smallest absolute Gasteiger partial charge is 0.328 e. The standard InChI is InChI=1S/C12H16N4O3/c1-15-8-9-4-2-3-5-10(9)16(12(15)18)7-6-11(17)19-14-13/h2-5,14H,6-8,13H2,1H3. The summed E-state index contributed by atoms with van der Waals surface area (Å²) in [6.07, 6.45) is 0.0676. The third-order valence-electron chi connectivity index (χ3n) is 2.96. The topological polar surface area (TPSA) is 87.9 Å². The molecule has 0 bridgehead atoms. The van der Waals surface area contributed by atoms with Crippen molar-refractivity contribution >= 4 is 17.7 Å². The molecule has 0 saturated heterocycles. The minimum absolute atomic E-state index is 0.0676. The number of carbonyl (C=O) groups excluding carboxylic acids is 2. The summed E-state index contributed by atoms with van der Waals surface area (Å²) in [6.45, 7) is 0.820. The van der Waals surface area contributed by atoms with E-state index in [4.69, 9.17) is 5.84 Å². The summed E-state index contributed by atoms with van der Waals surface area (Å²) in [5.74, 6) is 4.37. The SMILES string of the molecule is CN1Cc2ccccc2N(CCC(=O)ONN)C1=O. The molecule has 1 aromatic rings. The second kappa shape index (κ2) is 5.68. The average Bonchev–Trinajstić information content (AvgIpc) is 2.39. The highest BCUT2D eigenvalue weighted by Crippen LogP contribution is 2.27. The maximum Gasteiger partial charge on any atom is 0.328 e. The summed E-state index contributed by atoms with van der Waals surface area (Å²) in [6, 6.07) is 7.49. The zero-order valence-electron chi connectivity index (χ0n) is 10.6. The molecule has 0 atom stereocenters. The number of carbonyl (C=O) groups is 2. The Morgan fingerprint density at radius 1 is 1.47 bits per heavy atom. The van der Waals surface area contributed by atoms with Crippen molar-refractivity contribution in [3.8, 4) is 0 Å². The van der Waals surface area contributed by atoms with Crippen LogP contribution in [0.1, 0.15) is 12.0 Å². The van der Waals surface area contributed by atoms with Crippen molar-refractivity contribution in [2.75, 3.05) is 18.5 Å². The van der Waals surface area contributed by atoms with Crippen molar-refractivity contribution in [3.05, 3.63) is 29.8 Å². The molecule has 7 heteroatoms. The van der Waals surface area contributed by atoms with Gasteiger partial charge in [-0.1, -0.05) is 23.8 Å². The van der Waals surface area contributed by atoms with Crippen molar-refractivity contribution in [2.24, 2.45) is 5.84 Å². The van der Waals surface area contributed by atoms with E-state index in [1.165, 1.54) is 0 Å². The van der Waals surface area contributed by atoms with Crippen LogP contribution in [-0.2, 0) is 16.2 Å². The molecule has 3 N–H and O–H groups in total. The first kappa shape index (κ1) is 13.3. The molecule has 0 unspecified atom stereocenters. The quantitative estimate of drug-likeness (QED) is 0.606. The number of hydrogen-bond acceptors (Lipinski definition) is 5. The lowest BCUT2D eigenvalue weighted by Gasteiger charge is -2.34. The van der Waals surface area contributed by atoms with E-state index in [1.54, 1.807) is 16.8 Å². The van der Waals surface area contributed by atoms with Crippen LogP contribution in [-0.4, -0.2) is 30.5 Å². The summed E-state index contributed by atoms with van der Waals surface area (Å²) in [7, 11) is 1.73. The number of para-hydroxylation sites is 1. The first-order valence-corrected chi connectivity index (χ1v) is 5.89. The van der Waals surface area contributed by atoms with Gasteiger partial charge in [0.25, 0.3) is 0 Å². The molecule has 1 aliphatic rings. The molecule has 102 valence electrons. The highest BCUT2D eigenvalue weighted by molar-refractivity contribution is 5.95. The lowest BCUT2D eigenvalue weighted by molar-refractivity contribution is -0.150. The maximum atomic E-state index is 12.1. The highest BCUT2D eigenvalue weighted by atomic mass is 16.7. The van der Waals surface area contributed by atoms with Crippen molar-refractivity contribution < 1.29 is 14.4 Å². The molecule has 0 spiro atoms. The Hall–Kier alpha value is -2.12. The molecular formula is C12H16N4O3. The van der Waals surface area contributed by atoms with Gasteiger partial charge in [0.2, 0.25) is 0 Å². The molecule has 0 radical (unpaired) electrons. The van der Waals surface area contributed by atoms with Crippen LogP contribution in [0.2, 0.25) is 0 Å². The summed E-state index contributed by atoms with van der Waals surface area (Å²) in [5, 5.41) is 0. The molecule has 1 aliphatic heterocycles. The Bertz CT molecular complexity index is 492. The number of rotatable bonds is 4. The van der Waals surface area contributed by atoms with E-state index in [1.807, 2.05) is 29.9 Å². The van der Waals surface area contributed by atoms with E-state index in [2.05, 4.69) is 4.84 Å². The van der Waals surface area contributed by atoms with Crippen molar-refractivity contribution in [1.29, 1.82) is 0 Å². The third kappa shape index (κ3) is 2.83. The van der Waals surface area contributed by atoms with Gasteiger partial charge in [0.15, 0.2) is 0 Å². The number of fused-ring (bicyclic) bond motifs is 1. The molecule has 0 saturated carbocycles. The molecule has 0 aromatic heterocycles. The Kier molecular flexibility index (Phi) is 3.98. The van der Waals surface area contributed by atoms with Gasteiger partial charge in [0.1, 0.15) is 0 Å². The number of nitrogens with zero attached hydrogens (tertiary/aromatic N) is 2. The Balaban J connectivity index is 2.14. The van der Waals surface area contributed by atoms with Gasteiger partial charge in [0.05, 0.1) is 12.1 Å². The van der Waals surface area contributed by atoms with Crippen LogP contribution in [0, 0.1) is 0 Å². The number of anilines is 1. The number of urea groups is 1. The van der Waals surface area contributed by atoms with Gasteiger partial charge in [-0.05, 0) is 11.6 Å². The van der Waals surface area contributed by atoms with Gasteiger partial charge >= 0.3 is 12.0 Å². The molecule has 19 heavy (non-hydrogen) atoms. The van der Waals surface area contributed by atoms with Crippen molar-refractivity contribution in [3.63, 3.8) is 0 Å². The molecular weight excluding hydrogens is 248 g/mol. The number of hydrazine groups is 1. The fraction of sp³-hybridized carbons (Fsp3) is 0.333. The molecule has 1 heterocycles. The van der Waals surface area contributed by atoms with Crippen LogP contribution in [0.4, 0.5) is 10.5 Å². The summed E-state index contributed by atoms with van der Waals surface area (Å²) in [5.41, 5.74) is 3.71. The number of nitrogens with two attached hydrogens (primary N) is 1. The predicted molar refractivity (Wildman–Crippen MR) is 68.7 cm³/mol. The van der Waals surface area contributed by atoms with Gasteiger partial charge < -0.3 is 9.74 Å². The van der Waals surface area contributed by atoms with Gasteiger partial charge in [-0.2, -0.15) is 0 Å². The average molecular weight is 264 g/mol. The number of hydrogen-bond donors (Lipinski definition) is 2. The molecule has 0 fully saturated rings.